The minimum Gasteiger partial charge on any atom is -0.497 e. The highest BCUT2D eigenvalue weighted by atomic mass is 32.2. The lowest BCUT2D eigenvalue weighted by molar-refractivity contribution is -0.126. The van der Waals surface area contributed by atoms with E-state index in [1.807, 2.05) is 65.8 Å². The van der Waals surface area contributed by atoms with Crippen LogP contribution in [0.5, 0.6) is 5.75 Å². The quantitative estimate of drug-likeness (QED) is 0.491. The van der Waals surface area contributed by atoms with Gasteiger partial charge in [0.25, 0.3) is 0 Å². The van der Waals surface area contributed by atoms with Crippen LogP contribution < -0.4 is 10.2 Å². The number of amides is 1. The van der Waals surface area contributed by atoms with Crippen LogP contribution in [0.1, 0.15) is 53.1 Å². The molecule has 1 saturated heterocycles. The molecule has 0 aliphatic carbocycles. The Morgan fingerprint density at radius 2 is 1.56 bits per heavy atom. The highest BCUT2D eigenvalue weighted by molar-refractivity contribution is 7.89. The molecule has 0 saturated carbocycles. The molecular formula is C26H35N3O4S. The van der Waals surface area contributed by atoms with Crippen molar-refractivity contribution in [2.75, 3.05) is 20.2 Å². The molecule has 2 aromatic carbocycles. The average molecular weight is 486 g/mol. The Balaban J connectivity index is 1.69. The number of carbonyl (C=O) groups is 1. The van der Waals surface area contributed by atoms with E-state index in [4.69, 9.17) is 4.74 Å². The fraction of sp³-hybridized carbons (Fsp3) is 0.462. The molecule has 0 unspecified atom stereocenters. The number of hydrogen-bond acceptors (Lipinski definition) is 5. The number of benzene rings is 2. The molecule has 8 heteroatoms. The summed E-state index contributed by atoms with van der Waals surface area (Å²) in [5, 5.41) is 4.24. The van der Waals surface area contributed by atoms with Crippen LogP contribution in [-0.2, 0) is 14.8 Å². The van der Waals surface area contributed by atoms with Crippen molar-refractivity contribution in [2.24, 2.45) is 11.0 Å². The Bertz CT molecular complexity index is 1200. The van der Waals surface area contributed by atoms with Crippen LogP contribution >= 0.6 is 0 Å². The van der Waals surface area contributed by atoms with Crippen LogP contribution in [0.2, 0.25) is 0 Å². The first-order chi connectivity index (χ1) is 16.0. The second-order valence-corrected chi connectivity index (χ2v) is 10.9. The summed E-state index contributed by atoms with van der Waals surface area (Å²) in [6.45, 7) is 12.2. The summed E-state index contributed by atoms with van der Waals surface area (Å²) in [4.78, 5) is 13.1. The van der Waals surface area contributed by atoms with Gasteiger partial charge in [0.05, 0.1) is 17.7 Å². The second-order valence-electron chi connectivity index (χ2n) is 9.04. The van der Waals surface area contributed by atoms with E-state index in [2.05, 4.69) is 10.5 Å². The number of carbonyl (C=O) groups excluding carboxylic acids is 1. The van der Waals surface area contributed by atoms with Crippen molar-refractivity contribution in [2.45, 2.75) is 59.3 Å². The van der Waals surface area contributed by atoms with Gasteiger partial charge in [0.2, 0.25) is 15.9 Å². The van der Waals surface area contributed by atoms with Gasteiger partial charge in [0, 0.05) is 24.6 Å². The van der Waals surface area contributed by atoms with Gasteiger partial charge in [-0.15, -0.1) is 0 Å². The molecule has 3 rings (SSSR count). The molecule has 0 atom stereocenters. The van der Waals surface area contributed by atoms with Crippen molar-refractivity contribution in [3.63, 3.8) is 0 Å². The zero-order valence-corrected chi connectivity index (χ0v) is 22.0. The third kappa shape index (κ3) is 5.03. The Morgan fingerprint density at radius 1 is 1.00 bits per heavy atom. The molecule has 1 aliphatic heterocycles. The molecule has 0 aromatic heterocycles. The molecule has 1 fully saturated rings. The normalized spacial score (nSPS) is 15.9. The minimum atomic E-state index is -3.64. The largest absolute Gasteiger partial charge is 0.497 e. The molecule has 2 aromatic rings. The van der Waals surface area contributed by atoms with E-state index in [-0.39, 0.29) is 11.8 Å². The van der Waals surface area contributed by atoms with E-state index in [1.165, 1.54) is 4.31 Å². The third-order valence-corrected chi connectivity index (χ3v) is 9.35. The summed E-state index contributed by atoms with van der Waals surface area (Å²) in [5.41, 5.74) is 8.96. The van der Waals surface area contributed by atoms with Gasteiger partial charge >= 0.3 is 0 Å². The highest BCUT2D eigenvalue weighted by Gasteiger charge is 2.34. The molecule has 184 valence electrons. The van der Waals surface area contributed by atoms with E-state index < -0.39 is 10.0 Å². The number of hydrogen-bond donors (Lipinski definition) is 1. The fourth-order valence-electron chi connectivity index (χ4n) is 4.48. The van der Waals surface area contributed by atoms with Gasteiger partial charge in [0.15, 0.2) is 0 Å². The number of methoxy groups -OCH3 is 1. The lowest BCUT2D eigenvalue weighted by Gasteiger charge is -2.31. The summed E-state index contributed by atoms with van der Waals surface area (Å²) in [5.74, 6) is 0.252. The number of hydrazone groups is 1. The van der Waals surface area contributed by atoms with E-state index >= 15 is 0 Å². The first-order valence-corrected chi connectivity index (χ1v) is 13.0. The van der Waals surface area contributed by atoms with E-state index in [9.17, 15) is 13.2 Å². The predicted octanol–water partition coefficient (Wildman–Crippen LogP) is 4.18. The number of nitrogens with one attached hydrogen (secondary N) is 1. The smallest absolute Gasteiger partial charge is 0.243 e. The Kier molecular flexibility index (Phi) is 7.83. The Morgan fingerprint density at radius 3 is 2.12 bits per heavy atom. The number of sulfonamides is 1. The van der Waals surface area contributed by atoms with Crippen molar-refractivity contribution in [1.82, 2.24) is 9.73 Å². The summed E-state index contributed by atoms with van der Waals surface area (Å²) in [7, 11) is -2.04. The van der Waals surface area contributed by atoms with Gasteiger partial charge in [-0.2, -0.15) is 9.41 Å². The molecule has 1 amide bonds. The van der Waals surface area contributed by atoms with Gasteiger partial charge < -0.3 is 4.74 Å². The number of rotatable bonds is 6. The van der Waals surface area contributed by atoms with E-state index in [1.54, 1.807) is 7.11 Å². The van der Waals surface area contributed by atoms with Crippen LogP contribution in [0, 0.1) is 40.5 Å². The molecule has 0 spiro atoms. The second kappa shape index (κ2) is 10.3. The van der Waals surface area contributed by atoms with Crippen molar-refractivity contribution < 1.29 is 17.9 Å². The molecule has 1 heterocycles. The molecule has 7 nitrogen and oxygen atoms in total. The van der Waals surface area contributed by atoms with Crippen LogP contribution in [0.3, 0.4) is 0 Å². The number of ether oxygens (including phenoxy) is 1. The van der Waals surface area contributed by atoms with Crippen molar-refractivity contribution in [3.05, 3.63) is 57.6 Å². The Hall–Kier alpha value is -2.71. The van der Waals surface area contributed by atoms with Crippen molar-refractivity contribution >= 4 is 21.6 Å². The van der Waals surface area contributed by atoms with Gasteiger partial charge in [-0.05, 0) is 94.3 Å². The van der Waals surface area contributed by atoms with Gasteiger partial charge in [-0.25, -0.2) is 13.8 Å². The molecule has 34 heavy (non-hydrogen) atoms. The van der Waals surface area contributed by atoms with Gasteiger partial charge in [-0.3, -0.25) is 4.79 Å². The molecule has 1 aliphatic rings. The predicted molar refractivity (Wildman–Crippen MR) is 135 cm³/mol. The molecule has 1 N–H and O–H groups in total. The molecule has 0 radical (unpaired) electrons. The average Bonchev–Trinajstić information content (AvgIpc) is 2.84. The van der Waals surface area contributed by atoms with Crippen LogP contribution in [0.25, 0.3) is 0 Å². The maximum absolute atomic E-state index is 13.5. The van der Waals surface area contributed by atoms with Crippen molar-refractivity contribution in [1.29, 1.82) is 0 Å². The zero-order valence-electron chi connectivity index (χ0n) is 21.2. The summed E-state index contributed by atoms with van der Waals surface area (Å²) < 4.78 is 33.8. The molecule has 0 bridgehead atoms. The first kappa shape index (κ1) is 25.9. The van der Waals surface area contributed by atoms with Crippen LogP contribution in [0.4, 0.5) is 0 Å². The maximum atomic E-state index is 13.5. The molecular weight excluding hydrogens is 450 g/mol. The topological polar surface area (TPSA) is 88.1 Å². The zero-order chi connectivity index (χ0) is 25.2. The van der Waals surface area contributed by atoms with Crippen LogP contribution in [0.15, 0.2) is 34.3 Å². The fourth-order valence-corrected chi connectivity index (χ4v) is 6.51. The lowest BCUT2D eigenvalue weighted by Crippen LogP contribution is -2.42. The van der Waals surface area contributed by atoms with E-state index in [0.29, 0.717) is 36.5 Å². The highest BCUT2D eigenvalue weighted by Crippen LogP contribution is 2.33. The maximum Gasteiger partial charge on any atom is 0.243 e. The van der Waals surface area contributed by atoms with Gasteiger partial charge in [0.1, 0.15) is 5.75 Å². The standard InChI is InChI=1S/C26H35N3O4S/c1-16-17(2)19(4)25(20(5)18(16)3)34(31,32)29-13-11-22(12-14-29)26(30)28-27-21(6)23-9-8-10-24(15-23)33-7/h8-10,15,22H,11-14H2,1-7H3,(H,28,30)/b27-21-. The minimum absolute atomic E-state index is 0.186. The van der Waals surface area contributed by atoms with Crippen LogP contribution in [-0.4, -0.2) is 44.5 Å². The Labute approximate surface area is 203 Å². The lowest BCUT2D eigenvalue weighted by atomic mass is 9.95. The van der Waals surface area contributed by atoms with E-state index in [0.717, 1.165) is 39.1 Å². The SMILES string of the molecule is COc1cccc(/C(C)=N\NC(=O)C2CCN(S(=O)(=O)c3c(C)c(C)c(C)c(C)c3C)CC2)c1. The summed E-state index contributed by atoms with van der Waals surface area (Å²) >= 11 is 0. The number of nitrogens with zero attached hydrogens (tertiary/aromatic N) is 2. The monoisotopic (exact) mass is 485 g/mol. The number of piperidine rings is 1. The van der Waals surface area contributed by atoms with Crippen molar-refractivity contribution in [3.8, 4) is 5.75 Å². The summed E-state index contributed by atoms with van der Waals surface area (Å²) in [6.07, 6.45) is 0.918. The van der Waals surface area contributed by atoms with Gasteiger partial charge in [-0.1, -0.05) is 12.1 Å². The third-order valence-electron chi connectivity index (χ3n) is 7.18. The summed E-state index contributed by atoms with van der Waals surface area (Å²) in [6, 6.07) is 7.47. The first-order valence-electron chi connectivity index (χ1n) is 11.5.